The molecule has 2 aromatic rings. The summed E-state index contributed by atoms with van der Waals surface area (Å²) < 4.78 is 10.0. The van der Waals surface area contributed by atoms with Crippen molar-refractivity contribution >= 4 is 23.5 Å². The van der Waals surface area contributed by atoms with E-state index in [4.69, 9.17) is 9.15 Å². The van der Waals surface area contributed by atoms with E-state index in [1.807, 2.05) is 24.3 Å². The number of methoxy groups -OCH3 is 1. The Morgan fingerprint density at radius 1 is 1.35 bits per heavy atom. The topological polar surface area (TPSA) is 42.7 Å². The van der Waals surface area contributed by atoms with Crippen LogP contribution in [0.1, 0.15) is 5.76 Å². The molecule has 1 unspecified atom stereocenters. The minimum absolute atomic E-state index is 0.315. The molecular formula is C15H11NO3S. The van der Waals surface area contributed by atoms with Gasteiger partial charge in [-0.1, -0.05) is 29.8 Å². The molecule has 0 spiro atoms. The summed E-state index contributed by atoms with van der Waals surface area (Å²) in [5.74, 6) is 6.54. The number of ether oxygens (including phenoxy) is 1. The summed E-state index contributed by atoms with van der Waals surface area (Å²) in [6, 6.07) is 11.2. The minimum Gasteiger partial charge on any atom is -0.456 e. The van der Waals surface area contributed by atoms with Gasteiger partial charge in [0, 0.05) is 4.90 Å². The molecule has 3 rings (SSSR count). The van der Waals surface area contributed by atoms with Crippen molar-refractivity contribution in [2.24, 2.45) is 0 Å². The summed E-state index contributed by atoms with van der Waals surface area (Å²) in [6.45, 7) is 0. The van der Waals surface area contributed by atoms with E-state index in [2.05, 4.69) is 11.8 Å². The van der Waals surface area contributed by atoms with Gasteiger partial charge in [-0.2, -0.15) is 0 Å². The number of hydrogen-bond donors (Lipinski definition) is 0. The number of hydrogen-bond acceptors (Lipinski definition) is 4. The molecule has 0 bridgehead atoms. The summed E-state index contributed by atoms with van der Waals surface area (Å²) in [6.07, 6.45) is 1.15. The van der Waals surface area contributed by atoms with Gasteiger partial charge in [-0.3, -0.25) is 4.90 Å². The first-order valence-electron chi connectivity index (χ1n) is 5.97. The quantitative estimate of drug-likeness (QED) is 0.696. The second-order valence-electron chi connectivity index (χ2n) is 4.02. The van der Waals surface area contributed by atoms with Crippen LogP contribution in [0.4, 0.5) is 10.5 Å². The Morgan fingerprint density at radius 2 is 2.20 bits per heavy atom. The fourth-order valence-corrected chi connectivity index (χ4v) is 3.03. The van der Waals surface area contributed by atoms with Gasteiger partial charge in [0.1, 0.15) is 0 Å². The fraction of sp³-hybridized carbons (Fsp3) is 0.133. The molecule has 1 atom stereocenters. The normalized spacial score (nSPS) is 16.2. The maximum absolute atomic E-state index is 11.9. The lowest BCUT2D eigenvalue weighted by molar-refractivity contribution is 0.179. The molecule has 0 fully saturated rings. The SMILES string of the molecule is COC(=O)N1c2ccccc2SC1C#Cc1ccco1. The Hall–Kier alpha value is -2.32. The number of benzene rings is 1. The van der Waals surface area contributed by atoms with Crippen LogP contribution in [-0.2, 0) is 4.74 Å². The zero-order chi connectivity index (χ0) is 13.9. The minimum atomic E-state index is -0.416. The average molecular weight is 285 g/mol. The van der Waals surface area contributed by atoms with Crippen molar-refractivity contribution in [3.63, 3.8) is 0 Å². The third-order valence-electron chi connectivity index (χ3n) is 2.81. The lowest BCUT2D eigenvalue weighted by Gasteiger charge is -2.18. The van der Waals surface area contributed by atoms with E-state index >= 15 is 0 Å². The van der Waals surface area contributed by atoms with Gasteiger partial charge in [0.2, 0.25) is 0 Å². The standard InChI is InChI=1S/C15H11NO3S/c1-18-15(17)16-12-6-2-3-7-13(12)20-14(16)9-8-11-5-4-10-19-11/h2-7,10,14H,1H3. The lowest BCUT2D eigenvalue weighted by Crippen LogP contribution is -2.34. The van der Waals surface area contributed by atoms with Crippen molar-refractivity contribution in [1.29, 1.82) is 0 Å². The Bertz CT molecular complexity index is 685. The molecule has 20 heavy (non-hydrogen) atoms. The maximum atomic E-state index is 11.9. The van der Waals surface area contributed by atoms with Crippen molar-refractivity contribution in [3.05, 3.63) is 48.4 Å². The van der Waals surface area contributed by atoms with Crippen LogP contribution in [0, 0.1) is 11.8 Å². The van der Waals surface area contributed by atoms with E-state index in [1.54, 1.807) is 23.3 Å². The molecule has 5 heteroatoms. The Kier molecular flexibility index (Phi) is 3.40. The molecule has 1 aromatic carbocycles. The summed E-state index contributed by atoms with van der Waals surface area (Å²) in [5, 5.41) is -0.315. The van der Waals surface area contributed by atoms with Gasteiger partial charge in [-0.15, -0.1) is 0 Å². The molecule has 2 heterocycles. The third kappa shape index (κ3) is 2.26. The smallest absolute Gasteiger partial charge is 0.415 e. The molecule has 100 valence electrons. The van der Waals surface area contributed by atoms with E-state index in [0.717, 1.165) is 10.6 Å². The zero-order valence-corrected chi connectivity index (χ0v) is 11.5. The largest absolute Gasteiger partial charge is 0.456 e. The van der Waals surface area contributed by atoms with Crippen LogP contribution in [0.15, 0.2) is 52.0 Å². The first kappa shape index (κ1) is 12.7. The van der Waals surface area contributed by atoms with Gasteiger partial charge < -0.3 is 9.15 Å². The molecule has 0 radical (unpaired) electrons. The summed E-state index contributed by atoms with van der Waals surface area (Å²) >= 11 is 1.52. The van der Waals surface area contributed by atoms with Crippen molar-refractivity contribution < 1.29 is 13.9 Å². The third-order valence-corrected chi connectivity index (χ3v) is 3.96. The van der Waals surface area contributed by atoms with E-state index in [1.165, 1.54) is 18.9 Å². The molecule has 1 aromatic heterocycles. The monoisotopic (exact) mass is 285 g/mol. The van der Waals surface area contributed by atoms with Crippen LogP contribution in [0.5, 0.6) is 0 Å². The number of amides is 1. The van der Waals surface area contributed by atoms with E-state index in [9.17, 15) is 4.79 Å². The number of para-hydroxylation sites is 1. The second-order valence-corrected chi connectivity index (χ2v) is 5.15. The van der Waals surface area contributed by atoms with Crippen LogP contribution in [0.2, 0.25) is 0 Å². The van der Waals surface area contributed by atoms with Crippen LogP contribution in [-0.4, -0.2) is 18.6 Å². The number of furan rings is 1. The number of carbonyl (C=O) groups is 1. The van der Waals surface area contributed by atoms with Gasteiger partial charge in [0.05, 0.1) is 19.1 Å². The van der Waals surface area contributed by atoms with E-state index in [0.29, 0.717) is 5.76 Å². The molecule has 4 nitrogen and oxygen atoms in total. The van der Waals surface area contributed by atoms with Crippen molar-refractivity contribution in [2.75, 3.05) is 12.0 Å². The number of anilines is 1. The predicted octanol–water partition coefficient (Wildman–Crippen LogP) is 3.34. The molecule has 0 N–H and O–H groups in total. The van der Waals surface area contributed by atoms with Gasteiger partial charge in [-0.05, 0) is 30.2 Å². The van der Waals surface area contributed by atoms with Crippen molar-refractivity contribution in [1.82, 2.24) is 0 Å². The average Bonchev–Trinajstić information content (AvgIpc) is 3.11. The Balaban J connectivity index is 1.94. The molecular weight excluding hydrogens is 274 g/mol. The summed E-state index contributed by atoms with van der Waals surface area (Å²) in [7, 11) is 1.37. The second kappa shape index (κ2) is 5.35. The zero-order valence-electron chi connectivity index (χ0n) is 10.7. The van der Waals surface area contributed by atoms with Gasteiger partial charge >= 0.3 is 6.09 Å². The first-order valence-corrected chi connectivity index (χ1v) is 6.85. The number of thioether (sulfide) groups is 1. The highest BCUT2D eigenvalue weighted by Crippen LogP contribution is 2.43. The number of carbonyl (C=O) groups excluding carboxylic acids is 1. The molecule has 0 aliphatic carbocycles. The highest BCUT2D eigenvalue weighted by Gasteiger charge is 2.34. The van der Waals surface area contributed by atoms with Crippen LogP contribution >= 0.6 is 11.8 Å². The molecule has 1 amide bonds. The predicted molar refractivity (Wildman–Crippen MR) is 76.6 cm³/mol. The fourth-order valence-electron chi connectivity index (χ4n) is 1.92. The number of fused-ring (bicyclic) bond motifs is 1. The van der Waals surface area contributed by atoms with Gasteiger partial charge in [0.15, 0.2) is 11.1 Å². The van der Waals surface area contributed by atoms with Crippen molar-refractivity contribution in [3.8, 4) is 11.8 Å². The molecule has 0 saturated carbocycles. The lowest BCUT2D eigenvalue weighted by atomic mass is 10.3. The Labute approximate surface area is 120 Å². The van der Waals surface area contributed by atoms with Gasteiger partial charge in [-0.25, -0.2) is 4.79 Å². The highest BCUT2D eigenvalue weighted by molar-refractivity contribution is 8.00. The highest BCUT2D eigenvalue weighted by atomic mass is 32.2. The maximum Gasteiger partial charge on any atom is 0.415 e. The summed E-state index contributed by atoms with van der Waals surface area (Å²) in [5.41, 5.74) is 0.822. The Morgan fingerprint density at radius 3 is 2.95 bits per heavy atom. The number of rotatable bonds is 0. The number of nitrogens with zero attached hydrogens (tertiary/aromatic N) is 1. The van der Waals surface area contributed by atoms with Crippen LogP contribution in [0.25, 0.3) is 0 Å². The molecule has 1 aliphatic heterocycles. The first-order chi connectivity index (χ1) is 9.79. The molecule has 1 aliphatic rings. The van der Waals surface area contributed by atoms with Crippen molar-refractivity contribution in [2.45, 2.75) is 10.3 Å². The van der Waals surface area contributed by atoms with E-state index < -0.39 is 6.09 Å². The molecule has 0 saturated heterocycles. The van der Waals surface area contributed by atoms with Crippen LogP contribution < -0.4 is 4.90 Å². The summed E-state index contributed by atoms with van der Waals surface area (Å²) in [4.78, 5) is 14.5. The van der Waals surface area contributed by atoms with Crippen LogP contribution in [0.3, 0.4) is 0 Å². The van der Waals surface area contributed by atoms with E-state index in [-0.39, 0.29) is 5.37 Å². The van der Waals surface area contributed by atoms with Gasteiger partial charge in [0.25, 0.3) is 0 Å².